The molecule has 0 radical (unpaired) electrons. The van der Waals surface area contributed by atoms with Crippen LogP contribution in [-0.4, -0.2) is 36.4 Å². The van der Waals surface area contributed by atoms with Crippen LogP contribution < -0.4 is 15.4 Å². The van der Waals surface area contributed by atoms with E-state index in [4.69, 9.17) is 9.47 Å². The molecule has 6 nitrogen and oxygen atoms in total. The zero-order valence-corrected chi connectivity index (χ0v) is 19.1. The van der Waals surface area contributed by atoms with Crippen LogP contribution in [0.2, 0.25) is 0 Å². The van der Waals surface area contributed by atoms with Gasteiger partial charge < -0.3 is 20.1 Å². The second-order valence-electron chi connectivity index (χ2n) is 9.26. The fourth-order valence-electron chi connectivity index (χ4n) is 4.04. The normalized spacial score (nSPS) is 19.0. The first-order valence-electron chi connectivity index (χ1n) is 11.1. The van der Waals surface area contributed by atoms with Gasteiger partial charge >= 0.3 is 6.09 Å². The van der Waals surface area contributed by atoms with Crippen LogP contribution in [0.15, 0.2) is 42.7 Å². The van der Waals surface area contributed by atoms with Gasteiger partial charge in [0.15, 0.2) is 0 Å². The third kappa shape index (κ3) is 7.24. The lowest BCUT2D eigenvalue weighted by atomic mass is 9.86. The van der Waals surface area contributed by atoms with Crippen LogP contribution >= 0.6 is 0 Å². The summed E-state index contributed by atoms with van der Waals surface area (Å²) in [5.41, 5.74) is 3.00. The molecule has 6 heteroatoms. The summed E-state index contributed by atoms with van der Waals surface area (Å²) in [5, 5.41) is 6.62. The predicted octanol–water partition coefficient (Wildman–Crippen LogP) is 4.93. The maximum absolute atomic E-state index is 12.0. The number of hydrogen-bond acceptors (Lipinski definition) is 5. The molecule has 1 aromatic carbocycles. The second kappa shape index (κ2) is 10.6. The first-order valence-corrected chi connectivity index (χ1v) is 11.1. The highest BCUT2D eigenvalue weighted by atomic mass is 16.6. The molecule has 1 aliphatic carbocycles. The fourth-order valence-corrected chi connectivity index (χ4v) is 4.04. The number of alkyl carbamates (subject to hydrolysis) is 1. The van der Waals surface area contributed by atoms with Crippen molar-refractivity contribution in [2.75, 3.05) is 13.7 Å². The summed E-state index contributed by atoms with van der Waals surface area (Å²) in [6.07, 6.45) is 7.49. The lowest BCUT2D eigenvalue weighted by Crippen LogP contribution is -2.41. The largest absolute Gasteiger partial charge is 0.496 e. The van der Waals surface area contributed by atoms with Gasteiger partial charge in [0.05, 0.1) is 7.11 Å². The highest BCUT2D eigenvalue weighted by molar-refractivity contribution is 5.68. The first kappa shape index (κ1) is 23.1. The van der Waals surface area contributed by atoms with Crippen LogP contribution in [0, 0.1) is 5.92 Å². The molecule has 0 saturated heterocycles. The molecule has 1 fully saturated rings. The van der Waals surface area contributed by atoms with Crippen molar-refractivity contribution in [1.82, 2.24) is 15.6 Å². The van der Waals surface area contributed by atoms with Gasteiger partial charge in [-0.15, -0.1) is 0 Å². The van der Waals surface area contributed by atoms with Crippen molar-refractivity contribution in [3.63, 3.8) is 0 Å². The minimum Gasteiger partial charge on any atom is -0.496 e. The molecule has 1 saturated carbocycles. The number of benzene rings is 1. The summed E-state index contributed by atoms with van der Waals surface area (Å²) in [6.45, 7) is 7.38. The van der Waals surface area contributed by atoms with Crippen molar-refractivity contribution >= 4 is 6.09 Å². The lowest BCUT2D eigenvalue weighted by Gasteiger charge is -2.30. The number of methoxy groups -OCH3 is 1. The number of carbonyl (C=O) groups is 1. The van der Waals surface area contributed by atoms with E-state index in [1.165, 1.54) is 0 Å². The Bertz CT molecular complexity index is 841. The second-order valence-corrected chi connectivity index (χ2v) is 9.26. The van der Waals surface area contributed by atoms with Crippen LogP contribution in [0.5, 0.6) is 5.75 Å². The quantitative estimate of drug-likeness (QED) is 0.658. The maximum Gasteiger partial charge on any atom is 0.407 e. The molecule has 0 unspecified atom stereocenters. The number of nitrogens with zero attached hydrogens (tertiary/aromatic N) is 1. The van der Waals surface area contributed by atoms with Gasteiger partial charge in [-0.2, -0.15) is 0 Å². The number of ether oxygens (including phenoxy) is 2. The summed E-state index contributed by atoms with van der Waals surface area (Å²) >= 11 is 0. The standard InChI is InChI=1S/C25H35N3O3/c1-25(2,3)31-24(29)28-22-8-5-18(6-9-22)16-27-17-21-15-20(7-10-23(21)30-4)19-11-13-26-14-12-19/h7,10-15,18,22,27H,5-6,8-9,16-17H2,1-4H3,(H,28,29). The molecule has 1 aliphatic rings. The maximum atomic E-state index is 12.0. The van der Waals surface area contributed by atoms with Gasteiger partial charge in [0, 0.05) is 30.5 Å². The first-order chi connectivity index (χ1) is 14.8. The number of aromatic nitrogens is 1. The minimum atomic E-state index is -0.457. The van der Waals surface area contributed by atoms with Crippen LogP contribution in [-0.2, 0) is 11.3 Å². The zero-order chi connectivity index (χ0) is 22.3. The Kier molecular flexibility index (Phi) is 7.91. The Morgan fingerprint density at radius 1 is 1.06 bits per heavy atom. The van der Waals surface area contributed by atoms with Crippen LogP contribution in [0.4, 0.5) is 4.79 Å². The van der Waals surface area contributed by atoms with Gasteiger partial charge in [0.2, 0.25) is 0 Å². The molecule has 3 rings (SSSR count). The third-order valence-corrected chi connectivity index (χ3v) is 5.61. The number of nitrogens with one attached hydrogen (secondary N) is 2. The monoisotopic (exact) mass is 425 g/mol. The predicted molar refractivity (Wildman–Crippen MR) is 123 cm³/mol. The van der Waals surface area contributed by atoms with E-state index in [0.717, 1.165) is 61.2 Å². The summed E-state index contributed by atoms with van der Waals surface area (Å²) < 4.78 is 10.9. The van der Waals surface area contributed by atoms with Gasteiger partial charge in [-0.05, 0) is 94.3 Å². The lowest BCUT2D eigenvalue weighted by molar-refractivity contribution is 0.0487. The Hall–Kier alpha value is -2.60. The molecule has 0 aliphatic heterocycles. The number of amides is 1. The van der Waals surface area contributed by atoms with Crippen molar-refractivity contribution in [2.45, 2.75) is 64.6 Å². The zero-order valence-electron chi connectivity index (χ0n) is 19.1. The molecule has 0 bridgehead atoms. The minimum absolute atomic E-state index is 0.211. The van der Waals surface area contributed by atoms with E-state index < -0.39 is 5.60 Å². The van der Waals surface area contributed by atoms with E-state index in [-0.39, 0.29) is 12.1 Å². The van der Waals surface area contributed by atoms with Gasteiger partial charge in [0.25, 0.3) is 0 Å². The number of hydrogen-bond donors (Lipinski definition) is 2. The van der Waals surface area contributed by atoms with Gasteiger partial charge in [0.1, 0.15) is 11.4 Å². The van der Waals surface area contributed by atoms with Crippen molar-refractivity contribution in [1.29, 1.82) is 0 Å². The van der Waals surface area contributed by atoms with E-state index in [2.05, 4.69) is 27.8 Å². The molecule has 2 N–H and O–H groups in total. The van der Waals surface area contributed by atoms with Crippen molar-refractivity contribution in [3.8, 4) is 16.9 Å². The molecule has 1 aromatic heterocycles. The van der Waals surface area contributed by atoms with Gasteiger partial charge in [-0.3, -0.25) is 4.98 Å². The van der Waals surface area contributed by atoms with E-state index in [1.807, 2.05) is 51.4 Å². The Balaban J connectivity index is 1.46. The Morgan fingerprint density at radius 2 is 1.77 bits per heavy atom. The van der Waals surface area contributed by atoms with E-state index in [1.54, 1.807) is 7.11 Å². The summed E-state index contributed by atoms with van der Waals surface area (Å²) in [4.78, 5) is 16.1. The molecule has 0 atom stereocenters. The average molecular weight is 426 g/mol. The fraction of sp³-hybridized carbons (Fsp3) is 0.520. The molecule has 1 heterocycles. The number of pyridine rings is 1. The molecule has 0 spiro atoms. The van der Waals surface area contributed by atoms with Crippen LogP contribution in [0.25, 0.3) is 11.1 Å². The molecular weight excluding hydrogens is 390 g/mol. The topological polar surface area (TPSA) is 72.5 Å². The molecule has 2 aromatic rings. The highest BCUT2D eigenvalue weighted by Crippen LogP contribution is 2.27. The van der Waals surface area contributed by atoms with Gasteiger partial charge in [-0.25, -0.2) is 4.79 Å². The van der Waals surface area contributed by atoms with Crippen LogP contribution in [0.1, 0.15) is 52.0 Å². The van der Waals surface area contributed by atoms with E-state index in [0.29, 0.717) is 5.92 Å². The average Bonchev–Trinajstić information content (AvgIpc) is 2.74. The van der Waals surface area contributed by atoms with E-state index >= 15 is 0 Å². The molecule has 168 valence electrons. The summed E-state index contributed by atoms with van der Waals surface area (Å²) in [7, 11) is 1.71. The summed E-state index contributed by atoms with van der Waals surface area (Å²) in [5.74, 6) is 1.52. The summed E-state index contributed by atoms with van der Waals surface area (Å²) in [6, 6.07) is 10.5. The smallest absolute Gasteiger partial charge is 0.407 e. The number of carbonyl (C=O) groups excluding carboxylic acids is 1. The molecular formula is C25H35N3O3. The van der Waals surface area contributed by atoms with E-state index in [9.17, 15) is 4.79 Å². The van der Waals surface area contributed by atoms with Gasteiger partial charge in [-0.1, -0.05) is 6.07 Å². The molecule has 1 amide bonds. The number of rotatable bonds is 7. The van der Waals surface area contributed by atoms with Crippen molar-refractivity contribution < 1.29 is 14.3 Å². The van der Waals surface area contributed by atoms with Crippen molar-refractivity contribution in [3.05, 3.63) is 48.3 Å². The van der Waals surface area contributed by atoms with Crippen LogP contribution in [0.3, 0.4) is 0 Å². The Labute approximate surface area is 185 Å². The SMILES string of the molecule is COc1ccc(-c2ccncc2)cc1CNCC1CCC(NC(=O)OC(C)(C)C)CC1. The highest BCUT2D eigenvalue weighted by Gasteiger charge is 2.24. The van der Waals surface area contributed by atoms with Crippen molar-refractivity contribution in [2.24, 2.45) is 5.92 Å². The molecule has 31 heavy (non-hydrogen) atoms. The Morgan fingerprint density at radius 3 is 2.42 bits per heavy atom. The third-order valence-electron chi connectivity index (χ3n) is 5.61.